The molecule has 1 fully saturated rings. The van der Waals surface area contributed by atoms with Gasteiger partial charge in [0.2, 0.25) is 5.91 Å². The van der Waals surface area contributed by atoms with Crippen LogP contribution in [0.1, 0.15) is 21.6 Å². The average Bonchev–Trinajstić information content (AvgIpc) is 2.91. The van der Waals surface area contributed by atoms with Gasteiger partial charge < -0.3 is 20.2 Å². The van der Waals surface area contributed by atoms with Crippen LogP contribution in [0.4, 0.5) is 17.6 Å². The van der Waals surface area contributed by atoms with Gasteiger partial charge in [-0.25, -0.2) is 14.3 Å². The minimum absolute atomic E-state index is 0.00812. The Kier molecular flexibility index (Phi) is 9.35. The van der Waals surface area contributed by atoms with Crippen LogP contribution < -0.4 is 10.9 Å². The molecule has 0 saturated carbocycles. The van der Waals surface area contributed by atoms with Crippen molar-refractivity contribution < 1.29 is 37.1 Å². The van der Waals surface area contributed by atoms with Crippen molar-refractivity contribution in [3.05, 3.63) is 75.5 Å². The van der Waals surface area contributed by atoms with E-state index in [4.69, 9.17) is 9.90 Å². The number of rotatable bonds is 5. The number of benzene rings is 2. The number of aliphatic carboxylic acids is 1. The minimum Gasteiger partial charge on any atom is -0.475 e. The van der Waals surface area contributed by atoms with Crippen LogP contribution in [-0.4, -0.2) is 88.8 Å². The summed E-state index contributed by atoms with van der Waals surface area (Å²) in [5, 5.41) is 17.9. The summed E-state index contributed by atoms with van der Waals surface area (Å²) in [6, 6.07) is 11.6. The number of hydrogen-bond donors (Lipinski definition) is 3. The number of halogens is 4. The molecule has 0 spiro atoms. The van der Waals surface area contributed by atoms with Crippen LogP contribution in [-0.2, 0) is 16.0 Å². The van der Waals surface area contributed by atoms with Crippen molar-refractivity contribution in [3.63, 3.8) is 0 Å². The second-order valence-corrected chi connectivity index (χ2v) is 8.54. The molecule has 10 nitrogen and oxygen atoms in total. The molecule has 1 saturated heterocycles. The summed E-state index contributed by atoms with van der Waals surface area (Å²) >= 11 is 0. The van der Waals surface area contributed by atoms with E-state index in [1.165, 1.54) is 12.1 Å². The molecule has 4 rings (SSSR count). The average molecular weight is 551 g/mol. The molecule has 2 heterocycles. The van der Waals surface area contributed by atoms with Gasteiger partial charge in [0.1, 0.15) is 5.82 Å². The van der Waals surface area contributed by atoms with E-state index in [1.807, 2.05) is 12.1 Å². The van der Waals surface area contributed by atoms with Crippen molar-refractivity contribution in [2.45, 2.75) is 12.6 Å². The van der Waals surface area contributed by atoms with E-state index in [0.717, 1.165) is 5.39 Å². The fourth-order valence-electron chi connectivity index (χ4n) is 3.94. The molecular formula is C25H25F4N5O5. The molecule has 0 unspecified atom stereocenters. The van der Waals surface area contributed by atoms with Gasteiger partial charge in [0, 0.05) is 38.0 Å². The van der Waals surface area contributed by atoms with Gasteiger partial charge in [-0.15, -0.1) is 0 Å². The number of piperazine rings is 1. The Morgan fingerprint density at radius 1 is 1.03 bits per heavy atom. The second-order valence-electron chi connectivity index (χ2n) is 8.54. The molecule has 0 bridgehead atoms. The van der Waals surface area contributed by atoms with Gasteiger partial charge >= 0.3 is 12.1 Å². The highest BCUT2D eigenvalue weighted by Gasteiger charge is 2.38. The maximum Gasteiger partial charge on any atom is 0.490 e. The summed E-state index contributed by atoms with van der Waals surface area (Å²) in [6.45, 7) is 1.79. The summed E-state index contributed by atoms with van der Waals surface area (Å²) in [7, 11) is 1.71. The number of nitrogens with zero attached hydrogens (tertiary/aromatic N) is 3. The molecule has 14 heteroatoms. The van der Waals surface area contributed by atoms with Crippen molar-refractivity contribution in [2.75, 3.05) is 39.8 Å². The lowest BCUT2D eigenvalue weighted by molar-refractivity contribution is -0.192. The Hall–Kier alpha value is -4.33. The fourth-order valence-corrected chi connectivity index (χ4v) is 3.94. The normalized spacial score (nSPS) is 13.6. The summed E-state index contributed by atoms with van der Waals surface area (Å²) < 4.78 is 46.3. The molecule has 2 amide bonds. The van der Waals surface area contributed by atoms with E-state index in [0.29, 0.717) is 49.2 Å². The highest BCUT2D eigenvalue weighted by Crippen LogP contribution is 2.20. The number of likely N-dealkylation sites (N-methyl/N-ethyl adjacent to an activating group) is 1. The lowest BCUT2D eigenvalue weighted by Gasteiger charge is -2.35. The summed E-state index contributed by atoms with van der Waals surface area (Å²) in [5.41, 5.74) is 1.07. The predicted molar refractivity (Wildman–Crippen MR) is 132 cm³/mol. The molecule has 0 atom stereocenters. The molecule has 39 heavy (non-hydrogen) atoms. The van der Waals surface area contributed by atoms with Gasteiger partial charge in [-0.2, -0.15) is 18.3 Å². The number of aromatic nitrogens is 2. The number of nitrogens with one attached hydrogen (secondary N) is 2. The molecular weight excluding hydrogens is 526 g/mol. The van der Waals surface area contributed by atoms with Crippen LogP contribution in [0.25, 0.3) is 10.8 Å². The zero-order valence-corrected chi connectivity index (χ0v) is 20.7. The molecule has 1 aliphatic rings. The van der Waals surface area contributed by atoms with Gasteiger partial charge in [-0.3, -0.25) is 14.4 Å². The number of carboxylic acids is 1. The topological polar surface area (TPSA) is 136 Å². The van der Waals surface area contributed by atoms with E-state index in [1.54, 1.807) is 35.0 Å². The van der Waals surface area contributed by atoms with Gasteiger partial charge in [0.25, 0.3) is 11.5 Å². The van der Waals surface area contributed by atoms with Crippen molar-refractivity contribution in [2.24, 2.45) is 0 Å². The van der Waals surface area contributed by atoms with Crippen LogP contribution in [0.5, 0.6) is 0 Å². The number of aromatic amines is 1. The lowest BCUT2D eigenvalue weighted by Crippen LogP contribution is -2.52. The standard InChI is InChI=1S/C23H24FN5O3.C2HF3O2/c1-25-14-21(30)28-8-10-29(11-9-28)23(32)18-12-15(6-7-19(18)24)13-20-16-4-2-3-5-17(16)22(31)27-26-20;3-2(4,5)1(6)7/h2-7,12,25H,8-11,13-14H2,1H3,(H,27,31);(H,6,7). The molecule has 0 aliphatic carbocycles. The lowest BCUT2D eigenvalue weighted by atomic mass is 10.0. The first-order valence-electron chi connectivity index (χ1n) is 11.7. The smallest absolute Gasteiger partial charge is 0.475 e. The monoisotopic (exact) mass is 551 g/mol. The Labute approximate surface area is 219 Å². The van der Waals surface area contributed by atoms with E-state index < -0.39 is 23.9 Å². The molecule has 0 radical (unpaired) electrons. The number of H-pyrrole nitrogens is 1. The van der Waals surface area contributed by atoms with Crippen molar-refractivity contribution in [1.82, 2.24) is 25.3 Å². The first-order chi connectivity index (χ1) is 18.4. The SMILES string of the molecule is CNCC(=O)N1CCN(C(=O)c2cc(Cc3n[nH]c(=O)c4ccccc34)ccc2F)CC1.O=C(O)C(F)(F)F. The number of hydrogen-bond acceptors (Lipinski definition) is 6. The predicted octanol–water partition coefficient (Wildman–Crippen LogP) is 1.79. The van der Waals surface area contributed by atoms with Crippen molar-refractivity contribution >= 4 is 28.6 Å². The van der Waals surface area contributed by atoms with Gasteiger partial charge in [-0.1, -0.05) is 24.3 Å². The van der Waals surface area contributed by atoms with E-state index in [-0.39, 0.29) is 23.6 Å². The van der Waals surface area contributed by atoms with Crippen molar-refractivity contribution in [3.8, 4) is 0 Å². The first kappa shape index (κ1) is 29.2. The van der Waals surface area contributed by atoms with Crippen LogP contribution >= 0.6 is 0 Å². The summed E-state index contributed by atoms with van der Waals surface area (Å²) in [6.07, 6.45) is -4.75. The molecule has 3 aromatic rings. The van der Waals surface area contributed by atoms with Crippen LogP contribution in [0.3, 0.4) is 0 Å². The number of alkyl halides is 3. The quantitative estimate of drug-likeness (QED) is 0.412. The minimum atomic E-state index is -5.08. The Bertz CT molecular complexity index is 1420. The van der Waals surface area contributed by atoms with E-state index in [9.17, 15) is 31.9 Å². The van der Waals surface area contributed by atoms with E-state index in [2.05, 4.69) is 15.5 Å². The number of carbonyl (C=O) groups is 3. The molecule has 3 N–H and O–H groups in total. The number of carboxylic acid groups (broad SMARTS) is 1. The van der Waals surface area contributed by atoms with Gasteiger partial charge in [-0.05, 0) is 30.8 Å². The number of amides is 2. The highest BCUT2D eigenvalue weighted by atomic mass is 19.4. The summed E-state index contributed by atoms with van der Waals surface area (Å²) in [4.78, 5) is 49.2. The molecule has 2 aromatic carbocycles. The third kappa shape index (κ3) is 7.37. The Balaban J connectivity index is 0.000000532. The molecule has 208 valence electrons. The summed E-state index contributed by atoms with van der Waals surface area (Å²) in [5.74, 6) is -3.77. The van der Waals surface area contributed by atoms with Gasteiger partial charge in [0.15, 0.2) is 0 Å². The Morgan fingerprint density at radius 2 is 1.62 bits per heavy atom. The highest BCUT2D eigenvalue weighted by molar-refractivity contribution is 5.95. The zero-order valence-electron chi connectivity index (χ0n) is 20.7. The number of fused-ring (bicyclic) bond motifs is 1. The van der Waals surface area contributed by atoms with Crippen LogP contribution in [0.15, 0.2) is 47.3 Å². The Morgan fingerprint density at radius 3 is 2.21 bits per heavy atom. The second kappa shape index (κ2) is 12.5. The first-order valence-corrected chi connectivity index (χ1v) is 11.7. The van der Waals surface area contributed by atoms with Crippen LogP contribution in [0.2, 0.25) is 0 Å². The van der Waals surface area contributed by atoms with E-state index >= 15 is 0 Å². The third-order valence-electron chi connectivity index (χ3n) is 5.90. The fraction of sp³-hybridized carbons (Fsp3) is 0.320. The maximum absolute atomic E-state index is 14.5. The largest absolute Gasteiger partial charge is 0.490 e. The molecule has 1 aliphatic heterocycles. The van der Waals surface area contributed by atoms with Crippen molar-refractivity contribution in [1.29, 1.82) is 0 Å². The zero-order chi connectivity index (χ0) is 28.7. The maximum atomic E-state index is 14.5. The third-order valence-corrected chi connectivity index (χ3v) is 5.90. The van der Waals surface area contributed by atoms with Crippen LogP contribution in [0, 0.1) is 5.82 Å². The molecule has 1 aromatic heterocycles. The van der Waals surface area contributed by atoms with Gasteiger partial charge in [0.05, 0.1) is 23.2 Å². The number of carbonyl (C=O) groups excluding carboxylic acids is 2.